The molecule has 8 heteroatoms. The zero-order chi connectivity index (χ0) is 17.2. The molecule has 0 unspecified atom stereocenters. The number of hydrogen-bond donors (Lipinski definition) is 2. The summed E-state index contributed by atoms with van der Waals surface area (Å²) < 4.78 is 28.2. The first kappa shape index (κ1) is 16.9. The van der Waals surface area contributed by atoms with E-state index >= 15 is 0 Å². The molecule has 2 aromatic rings. The standard InChI is InChI=1S/C15H18N2O5S/c1-3-16-10-13(9-14(16)15(19)20)23(21,22)17(4-2)11-5-7-12(18)8-6-11/h5-10,18H,3-4H2,1-2H3,(H,19,20). The van der Waals surface area contributed by atoms with Crippen LogP contribution < -0.4 is 4.31 Å². The third-order valence-electron chi connectivity index (χ3n) is 3.44. The molecule has 0 aliphatic heterocycles. The van der Waals surface area contributed by atoms with E-state index in [0.29, 0.717) is 12.2 Å². The Bertz CT molecular complexity index is 809. The summed E-state index contributed by atoms with van der Waals surface area (Å²) in [6, 6.07) is 6.93. The van der Waals surface area contributed by atoms with Gasteiger partial charge in [-0.3, -0.25) is 4.31 Å². The molecule has 23 heavy (non-hydrogen) atoms. The maximum atomic E-state index is 12.8. The minimum absolute atomic E-state index is 0.0347. The number of rotatable bonds is 6. The summed E-state index contributed by atoms with van der Waals surface area (Å²) in [6.07, 6.45) is 1.32. The van der Waals surface area contributed by atoms with Crippen molar-refractivity contribution < 1.29 is 23.4 Å². The first-order chi connectivity index (χ1) is 10.8. The quantitative estimate of drug-likeness (QED) is 0.840. The molecule has 0 aliphatic carbocycles. The summed E-state index contributed by atoms with van der Waals surface area (Å²) in [6.45, 7) is 3.94. The average molecular weight is 338 g/mol. The van der Waals surface area contributed by atoms with Crippen LogP contribution in [0.4, 0.5) is 5.69 Å². The number of phenols is 1. The number of carbonyl (C=O) groups is 1. The first-order valence-electron chi connectivity index (χ1n) is 7.06. The maximum absolute atomic E-state index is 12.8. The molecule has 7 nitrogen and oxygen atoms in total. The highest BCUT2D eigenvalue weighted by Crippen LogP contribution is 2.26. The van der Waals surface area contributed by atoms with Gasteiger partial charge in [-0.25, -0.2) is 13.2 Å². The summed E-state index contributed by atoms with van der Waals surface area (Å²) >= 11 is 0. The summed E-state index contributed by atoms with van der Waals surface area (Å²) in [5.74, 6) is -1.14. The van der Waals surface area contributed by atoms with Gasteiger partial charge < -0.3 is 14.8 Å². The van der Waals surface area contributed by atoms with Crippen LogP contribution in [-0.2, 0) is 16.6 Å². The minimum Gasteiger partial charge on any atom is -0.508 e. The Morgan fingerprint density at radius 2 is 1.83 bits per heavy atom. The van der Waals surface area contributed by atoms with E-state index in [1.54, 1.807) is 13.8 Å². The Hall–Kier alpha value is -2.48. The second-order valence-electron chi connectivity index (χ2n) is 4.84. The lowest BCUT2D eigenvalue weighted by Crippen LogP contribution is -2.30. The third-order valence-corrected chi connectivity index (χ3v) is 5.31. The van der Waals surface area contributed by atoms with E-state index in [9.17, 15) is 18.3 Å². The van der Waals surface area contributed by atoms with Crippen molar-refractivity contribution in [3.8, 4) is 5.75 Å². The van der Waals surface area contributed by atoms with Gasteiger partial charge >= 0.3 is 5.97 Å². The number of carboxylic acid groups (broad SMARTS) is 1. The molecule has 2 rings (SSSR count). The van der Waals surface area contributed by atoms with Crippen LogP contribution in [0.2, 0.25) is 0 Å². The number of aromatic carboxylic acids is 1. The number of sulfonamides is 1. The fourth-order valence-corrected chi connectivity index (χ4v) is 3.82. The number of aryl methyl sites for hydroxylation is 1. The van der Waals surface area contributed by atoms with Gasteiger partial charge in [0.25, 0.3) is 10.0 Å². The number of anilines is 1. The van der Waals surface area contributed by atoms with Gasteiger partial charge in [-0.15, -0.1) is 0 Å². The minimum atomic E-state index is -3.89. The van der Waals surface area contributed by atoms with Crippen molar-refractivity contribution in [3.05, 3.63) is 42.2 Å². The van der Waals surface area contributed by atoms with Crippen LogP contribution in [-0.4, -0.2) is 35.7 Å². The molecule has 0 spiro atoms. The van der Waals surface area contributed by atoms with Gasteiger partial charge in [-0.1, -0.05) is 0 Å². The highest BCUT2D eigenvalue weighted by molar-refractivity contribution is 7.92. The van der Waals surface area contributed by atoms with Gasteiger partial charge in [0, 0.05) is 19.3 Å². The highest BCUT2D eigenvalue weighted by atomic mass is 32.2. The molecule has 2 N–H and O–H groups in total. The Morgan fingerprint density at radius 1 is 1.22 bits per heavy atom. The Morgan fingerprint density at radius 3 is 2.26 bits per heavy atom. The number of aromatic nitrogens is 1. The van der Waals surface area contributed by atoms with Crippen molar-refractivity contribution in [2.75, 3.05) is 10.8 Å². The number of carboxylic acids is 1. The molecular weight excluding hydrogens is 320 g/mol. The van der Waals surface area contributed by atoms with Gasteiger partial charge in [0.15, 0.2) is 0 Å². The largest absolute Gasteiger partial charge is 0.508 e. The monoisotopic (exact) mass is 338 g/mol. The molecule has 124 valence electrons. The predicted molar refractivity (Wildman–Crippen MR) is 85.4 cm³/mol. The molecule has 0 fully saturated rings. The van der Waals surface area contributed by atoms with Gasteiger partial charge in [0.1, 0.15) is 16.3 Å². The van der Waals surface area contributed by atoms with Crippen molar-refractivity contribution in [1.29, 1.82) is 0 Å². The van der Waals surface area contributed by atoms with E-state index in [2.05, 4.69) is 0 Å². The van der Waals surface area contributed by atoms with Crippen LogP contribution in [0.1, 0.15) is 24.3 Å². The molecule has 1 aromatic carbocycles. The molecular formula is C15H18N2O5S. The first-order valence-corrected chi connectivity index (χ1v) is 8.50. The number of phenolic OH excluding ortho intramolecular Hbond substituents is 1. The third kappa shape index (κ3) is 3.16. The maximum Gasteiger partial charge on any atom is 0.352 e. The van der Waals surface area contributed by atoms with E-state index in [1.807, 2.05) is 0 Å². The molecule has 0 saturated heterocycles. The van der Waals surface area contributed by atoms with Crippen molar-refractivity contribution in [3.63, 3.8) is 0 Å². The number of aromatic hydroxyl groups is 1. The van der Waals surface area contributed by atoms with Crippen molar-refractivity contribution >= 4 is 21.7 Å². The summed E-state index contributed by atoms with van der Waals surface area (Å²) in [4.78, 5) is 11.1. The van der Waals surface area contributed by atoms with Crippen molar-refractivity contribution in [1.82, 2.24) is 4.57 Å². The second-order valence-corrected chi connectivity index (χ2v) is 6.70. The van der Waals surface area contributed by atoms with Gasteiger partial charge in [-0.05, 0) is 44.2 Å². The molecule has 1 heterocycles. The van der Waals surface area contributed by atoms with Crippen LogP contribution in [0.3, 0.4) is 0 Å². The Balaban J connectivity index is 2.51. The topological polar surface area (TPSA) is 99.8 Å². The molecule has 0 saturated carbocycles. The highest BCUT2D eigenvalue weighted by Gasteiger charge is 2.27. The molecule has 0 amide bonds. The predicted octanol–water partition coefficient (Wildman–Crippen LogP) is 2.13. The van der Waals surface area contributed by atoms with Crippen LogP contribution >= 0.6 is 0 Å². The van der Waals surface area contributed by atoms with Crippen molar-refractivity contribution in [2.45, 2.75) is 25.3 Å². The van der Waals surface area contributed by atoms with E-state index in [-0.39, 0.29) is 22.9 Å². The van der Waals surface area contributed by atoms with Gasteiger partial charge in [-0.2, -0.15) is 0 Å². The lowest BCUT2D eigenvalue weighted by atomic mass is 10.3. The van der Waals surface area contributed by atoms with Crippen LogP contribution in [0, 0.1) is 0 Å². The normalized spacial score (nSPS) is 11.4. The Kier molecular flexibility index (Phi) is 4.65. The molecule has 0 atom stereocenters. The zero-order valence-corrected chi connectivity index (χ0v) is 13.6. The summed E-state index contributed by atoms with van der Waals surface area (Å²) in [5, 5.41) is 18.5. The summed E-state index contributed by atoms with van der Waals surface area (Å²) in [7, 11) is -3.89. The number of hydrogen-bond acceptors (Lipinski definition) is 4. The van der Waals surface area contributed by atoms with Crippen LogP contribution in [0.25, 0.3) is 0 Å². The smallest absolute Gasteiger partial charge is 0.352 e. The molecule has 0 aliphatic rings. The zero-order valence-electron chi connectivity index (χ0n) is 12.8. The molecule has 0 radical (unpaired) electrons. The average Bonchev–Trinajstić information content (AvgIpc) is 2.95. The van der Waals surface area contributed by atoms with Gasteiger partial charge in [0.05, 0.1) is 5.69 Å². The van der Waals surface area contributed by atoms with Crippen LogP contribution in [0.15, 0.2) is 41.4 Å². The number of benzene rings is 1. The van der Waals surface area contributed by atoms with Crippen molar-refractivity contribution in [2.24, 2.45) is 0 Å². The fraction of sp³-hybridized carbons (Fsp3) is 0.267. The fourth-order valence-electron chi connectivity index (χ4n) is 2.30. The van der Waals surface area contributed by atoms with E-state index in [1.165, 1.54) is 35.0 Å². The van der Waals surface area contributed by atoms with E-state index < -0.39 is 16.0 Å². The van der Waals surface area contributed by atoms with Gasteiger partial charge in [0.2, 0.25) is 0 Å². The second kappa shape index (κ2) is 6.33. The SMILES string of the molecule is CCN(c1ccc(O)cc1)S(=O)(=O)c1cc(C(=O)O)n(CC)c1. The summed E-state index contributed by atoms with van der Waals surface area (Å²) in [5.41, 5.74) is 0.319. The molecule has 0 bridgehead atoms. The van der Waals surface area contributed by atoms with E-state index in [0.717, 1.165) is 10.4 Å². The number of nitrogens with zero attached hydrogens (tertiary/aromatic N) is 2. The lowest BCUT2D eigenvalue weighted by Gasteiger charge is -2.22. The molecule has 1 aromatic heterocycles. The lowest BCUT2D eigenvalue weighted by molar-refractivity contribution is 0.0685. The Labute approximate surface area is 134 Å². The van der Waals surface area contributed by atoms with E-state index in [4.69, 9.17) is 5.11 Å². The van der Waals surface area contributed by atoms with Crippen LogP contribution in [0.5, 0.6) is 5.75 Å².